The fraction of sp³-hybridized carbons (Fsp3) is 0.188. The summed E-state index contributed by atoms with van der Waals surface area (Å²) >= 11 is 0. The topological polar surface area (TPSA) is 71.1 Å². The van der Waals surface area contributed by atoms with Gasteiger partial charge in [0.1, 0.15) is 0 Å². The summed E-state index contributed by atoms with van der Waals surface area (Å²) in [6.07, 6.45) is 3.54. The van der Waals surface area contributed by atoms with Gasteiger partial charge in [0.2, 0.25) is 5.91 Å². The Morgan fingerprint density at radius 3 is 2.48 bits per heavy atom. The third-order valence-electron chi connectivity index (χ3n) is 3.03. The molecule has 0 atom stereocenters. The van der Waals surface area contributed by atoms with Gasteiger partial charge in [-0.25, -0.2) is 0 Å². The molecule has 0 radical (unpaired) electrons. The van der Waals surface area contributed by atoms with E-state index in [1.165, 1.54) is 0 Å². The lowest BCUT2D eigenvalue weighted by Gasteiger charge is -2.11. The average molecular weight is 283 g/mol. The van der Waals surface area contributed by atoms with Crippen molar-refractivity contribution in [2.75, 3.05) is 10.6 Å². The summed E-state index contributed by atoms with van der Waals surface area (Å²) in [6.45, 7) is 3.69. The molecule has 2 amide bonds. The van der Waals surface area contributed by atoms with Gasteiger partial charge in [-0.2, -0.15) is 0 Å². The molecule has 0 aliphatic rings. The quantitative estimate of drug-likeness (QED) is 0.906. The molecule has 2 aromatic rings. The van der Waals surface area contributed by atoms with Crippen LogP contribution in [0.25, 0.3) is 0 Å². The smallest absolute Gasteiger partial charge is 0.255 e. The SMILES string of the molecule is CCC(=O)Nc1cc(NC(=O)c2ccncc2)ccc1C. The van der Waals surface area contributed by atoms with Gasteiger partial charge in [-0.1, -0.05) is 13.0 Å². The van der Waals surface area contributed by atoms with E-state index in [2.05, 4.69) is 15.6 Å². The monoisotopic (exact) mass is 283 g/mol. The maximum Gasteiger partial charge on any atom is 0.255 e. The average Bonchev–Trinajstić information content (AvgIpc) is 2.51. The molecule has 0 bridgehead atoms. The summed E-state index contributed by atoms with van der Waals surface area (Å²) in [4.78, 5) is 27.4. The van der Waals surface area contributed by atoms with Crippen molar-refractivity contribution < 1.29 is 9.59 Å². The Morgan fingerprint density at radius 1 is 1.10 bits per heavy atom. The minimum absolute atomic E-state index is 0.0595. The van der Waals surface area contributed by atoms with Gasteiger partial charge in [0.15, 0.2) is 0 Å². The Labute approximate surface area is 123 Å². The first-order chi connectivity index (χ1) is 10.1. The van der Waals surface area contributed by atoms with Gasteiger partial charge >= 0.3 is 0 Å². The second kappa shape index (κ2) is 6.65. The third kappa shape index (κ3) is 3.89. The standard InChI is InChI=1S/C16H17N3O2/c1-3-15(20)19-14-10-13(5-4-11(14)2)18-16(21)12-6-8-17-9-7-12/h4-10H,3H2,1-2H3,(H,18,21)(H,19,20). The Kier molecular flexibility index (Phi) is 4.66. The van der Waals surface area contributed by atoms with Crippen molar-refractivity contribution in [3.05, 3.63) is 53.9 Å². The van der Waals surface area contributed by atoms with E-state index in [0.29, 0.717) is 23.4 Å². The number of aryl methyl sites for hydroxylation is 1. The minimum Gasteiger partial charge on any atom is -0.326 e. The van der Waals surface area contributed by atoms with Gasteiger partial charge in [0, 0.05) is 35.8 Å². The first kappa shape index (κ1) is 14.7. The zero-order valence-corrected chi connectivity index (χ0v) is 12.0. The van der Waals surface area contributed by atoms with Crippen LogP contribution >= 0.6 is 0 Å². The maximum atomic E-state index is 12.1. The van der Waals surface area contributed by atoms with Crippen LogP contribution in [0.5, 0.6) is 0 Å². The summed E-state index contributed by atoms with van der Waals surface area (Å²) < 4.78 is 0. The number of benzene rings is 1. The van der Waals surface area contributed by atoms with Crippen LogP contribution in [-0.2, 0) is 4.79 Å². The molecule has 108 valence electrons. The summed E-state index contributed by atoms with van der Waals surface area (Å²) in [7, 11) is 0. The summed E-state index contributed by atoms with van der Waals surface area (Å²) in [5.41, 5.74) is 2.81. The van der Waals surface area contributed by atoms with Crippen molar-refractivity contribution >= 4 is 23.2 Å². The van der Waals surface area contributed by atoms with E-state index in [9.17, 15) is 9.59 Å². The minimum atomic E-state index is -0.214. The van der Waals surface area contributed by atoms with Gasteiger partial charge < -0.3 is 10.6 Å². The van der Waals surface area contributed by atoms with E-state index in [4.69, 9.17) is 0 Å². The van der Waals surface area contributed by atoms with Crippen molar-refractivity contribution in [2.45, 2.75) is 20.3 Å². The number of aromatic nitrogens is 1. The van der Waals surface area contributed by atoms with Crippen molar-refractivity contribution in [2.24, 2.45) is 0 Å². The molecule has 0 aliphatic carbocycles. The number of carbonyl (C=O) groups is 2. The first-order valence-electron chi connectivity index (χ1n) is 6.72. The highest BCUT2D eigenvalue weighted by molar-refractivity contribution is 6.04. The Balaban J connectivity index is 2.16. The van der Waals surface area contributed by atoms with Crippen LogP contribution in [0.15, 0.2) is 42.7 Å². The molecule has 0 fully saturated rings. The summed E-state index contributed by atoms with van der Waals surface area (Å²) in [5.74, 6) is -0.273. The number of nitrogens with one attached hydrogen (secondary N) is 2. The van der Waals surface area contributed by atoms with Crippen LogP contribution in [0.2, 0.25) is 0 Å². The van der Waals surface area contributed by atoms with Crippen molar-refractivity contribution in [3.63, 3.8) is 0 Å². The van der Waals surface area contributed by atoms with Crippen LogP contribution in [-0.4, -0.2) is 16.8 Å². The van der Waals surface area contributed by atoms with Gasteiger partial charge in [0.05, 0.1) is 0 Å². The number of carbonyl (C=O) groups excluding carboxylic acids is 2. The largest absolute Gasteiger partial charge is 0.326 e. The lowest BCUT2D eigenvalue weighted by atomic mass is 10.1. The fourth-order valence-electron chi connectivity index (χ4n) is 1.78. The zero-order valence-electron chi connectivity index (χ0n) is 12.0. The van der Waals surface area contributed by atoms with Gasteiger partial charge in [-0.05, 0) is 36.8 Å². The first-order valence-corrected chi connectivity index (χ1v) is 6.72. The van der Waals surface area contributed by atoms with Crippen LogP contribution < -0.4 is 10.6 Å². The Bertz CT molecular complexity index is 654. The molecule has 1 heterocycles. The molecule has 0 aliphatic heterocycles. The van der Waals surface area contributed by atoms with Gasteiger partial charge in [-0.3, -0.25) is 14.6 Å². The number of rotatable bonds is 4. The molecule has 1 aromatic heterocycles. The molecule has 2 rings (SSSR count). The normalized spacial score (nSPS) is 10.0. The second-order valence-electron chi connectivity index (χ2n) is 4.62. The summed E-state index contributed by atoms with van der Waals surface area (Å²) in [5, 5.41) is 5.61. The molecule has 21 heavy (non-hydrogen) atoms. The number of amides is 2. The van der Waals surface area contributed by atoms with E-state index >= 15 is 0 Å². The van der Waals surface area contributed by atoms with Gasteiger partial charge in [-0.15, -0.1) is 0 Å². The van der Waals surface area contributed by atoms with Crippen LogP contribution in [0.4, 0.5) is 11.4 Å². The van der Waals surface area contributed by atoms with Crippen molar-refractivity contribution in [3.8, 4) is 0 Å². The van der Waals surface area contributed by atoms with E-state index in [0.717, 1.165) is 5.56 Å². The molecule has 0 unspecified atom stereocenters. The molecule has 5 heteroatoms. The molecule has 0 saturated carbocycles. The number of pyridine rings is 1. The number of hydrogen-bond acceptors (Lipinski definition) is 3. The lowest BCUT2D eigenvalue weighted by Crippen LogP contribution is -2.14. The third-order valence-corrected chi connectivity index (χ3v) is 3.03. The van der Waals surface area contributed by atoms with Gasteiger partial charge in [0.25, 0.3) is 5.91 Å². The highest BCUT2D eigenvalue weighted by atomic mass is 16.2. The molecule has 0 saturated heterocycles. The molecule has 2 N–H and O–H groups in total. The van der Waals surface area contributed by atoms with E-state index in [-0.39, 0.29) is 11.8 Å². The van der Waals surface area contributed by atoms with E-state index < -0.39 is 0 Å². The highest BCUT2D eigenvalue weighted by Crippen LogP contribution is 2.21. The molecule has 5 nitrogen and oxygen atoms in total. The van der Waals surface area contributed by atoms with Crippen molar-refractivity contribution in [1.29, 1.82) is 0 Å². The molecule has 0 spiro atoms. The molecular formula is C16H17N3O2. The molecular weight excluding hydrogens is 266 g/mol. The highest BCUT2D eigenvalue weighted by Gasteiger charge is 2.08. The van der Waals surface area contributed by atoms with Crippen LogP contribution in [0.3, 0.4) is 0 Å². The number of anilines is 2. The fourth-order valence-corrected chi connectivity index (χ4v) is 1.78. The summed E-state index contributed by atoms with van der Waals surface area (Å²) in [6, 6.07) is 8.69. The number of nitrogens with zero attached hydrogens (tertiary/aromatic N) is 1. The van der Waals surface area contributed by atoms with E-state index in [1.807, 2.05) is 13.0 Å². The van der Waals surface area contributed by atoms with Crippen LogP contribution in [0, 0.1) is 6.92 Å². The molecule has 1 aromatic carbocycles. The predicted octanol–water partition coefficient (Wildman–Crippen LogP) is 2.99. The second-order valence-corrected chi connectivity index (χ2v) is 4.62. The van der Waals surface area contributed by atoms with Crippen LogP contribution in [0.1, 0.15) is 29.3 Å². The predicted molar refractivity (Wildman–Crippen MR) is 82.3 cm³/mol. The Hall–Kier alpha value is -2.69. The Morgan fingerprint density at radius 2 is 1.81 bits per heavy atom. The van der Waals surface area contributed by atoms with Crippen molar-refractivity contribution in [1.82, 2.24) is 4.98 Å². The maximum absolute atomic E-state index is 12.1. The lowest BCUT2D eigenvalue weighted by molar-refractivity contribution is -0.115. The number of hydrogen-bond donors (Lipinski definition) is 2. The zero-order chi connectivity index (χ0) is 15.2. The van der Waals surface area contributed by atoms with E-state index in [1.54, 1.807) is 43.6 Å².